The van der Waals surface area contributed by atoms with Gasteiger partial charge in [0.1, 0.15) is 0 Å². The fraction of sp³-hybridized carbons (Fsp3) is 0.158. The van der Waals surface area contributed by atoms with Gasteiger partial charge < -0.3 is 0 Å². The monoisotopic (exact) mass is 770 g/mol. The Labute approximate surface area is 272 Å². The highest BCUT2D eigenvalue weighted by Crippen LogP contribution is 2.54. The van der Waals surface area contributed by atoms with Crippen molar-refractivity contribution in [3.05, 3.63) is 138 Å². The number of fused-ring (bicyclic) bond motifs is 10. The van der Waals surface area contributed by atoms with E-state index in [1.807, 2.05) is 0 Å². The molecule has 3 heteroatoms. The zero-order valence-corrected chi connectivity index (χ0v) is 28.8. The van der Waals surface area contributed by atoms with Gasteiger partial charge >= 0.3 is 0 Å². The molecular formula is C38H29Br2I. The number of benzene rings is 6. The first-order valence-electron chi connectivity index (χ1n) is 13.9. The second-order valence-corrected chi connectivity index (χ2v) is 15.1. The average molecular weight is 772 g/mol. The van der Waals surface area contributed by atoms with Crippen LogP contribution < -0.4 is 0 Å². The molecule has 0 nitrogen and oxygen atoms in total. The molecule has 0 aromatic heterocycles. The predicted octanol–water partition coefficient (Wildman–Crippen LogP) is 12.4. The number of hydrogen-bond donors (Lipinski definition) is 0. The van der Waals surface area contributed by atoms with Crippen LogP contribution in [0.25, 0.3) is 43.8 Å². The molecule has 8 rings (SSSR count). The van der Waals surface area contributed by atoms with Gasteiger partial charge in [-0.3, -0.25) is 0 Å². The molecule has 0 radical (unpaired) electrons. The normalized spacial score (nSPS) is 15.1. The largest absolute Gasteiger partial charge is 0.0619 e. The van der Waals surface area contributed by atoms with Crippen LogP contribution in [0, 0.1) is 3.57 Å². The Morgan fingerprint density at radius 2 is 0.902 bits per heavy atom. The van der Waals surface area contributed by atoms with Crippen LogP contribution in [0.1, 0.15) is 49.9 Å². The molecule has 0 saturated carbocycles. The molecule has 202 valence electrons. The molecule has 0 spiro atoms. The molecule has 0 N–H and O–H groups in total. The molecule has 2 aliphatic rings. The van der Waals surface area contributed by atoms with Gasteiger partial charge in [-0.2, -0.15) is 0 Å². The summed E-state index contributed by atoms with van der Waals surface area (Å²) in [6.45, 7) is 9.29. The van der Waals surface area contributed by atoms with E-state index in [0.717, 1.165) is 0 Å². The van der Waals surface area contributed by atoms with Crippen LogP contribution in [-0.4, -0.2) is 0 Å². The smallest absolute Gasteiger partial charge is 0.0257 e. The van der Waals surface area contributed by atoms with E-state index in [9.17, 15) is 0 Å². The molecule has 0 amide bonds. The van der Waals surface area contributed by atoms with Gasteiger partial charge in [-0.05, 0) is 113 Å². The lowest BCUT2D eigenvalue weighted by Crippen LogP contribution is -2.15. The lowest BCUT2D eigenvalue weighted by molar-refractivity contribution is 0.660. The third-order valence-corrected chi connectivity index (χ3v) is 11.1. The summed E-state index contributed by atoms with van der Waals surface area (Å²) >= 11 is 9.91. The minimum atomic E-state index is 0.0540. The topological polar surface area (TPSA) is 0 Å². The highest BCUT2D eigenvalue weighted by molar-refractivity contribution is 14.1. The molecule has 0 fully saturated rings. The molecule has 2 aliphatic carbocycles. The van der Waals surface area contributed by atoms with Crippen LogP contribution in [0.2, 0.25) is 0 Å². The zero-order chi connectivity index (χ0) is 28.7. The standard InChI is InChI=1S/C19H14BrI.C19H15Br/c1-19(2)15-9-11(21)7-8-14(15)18-13-6-4-3-5-12(13)17(20)10-16(18)19;1-19(2)15-10-6-5-9-14(15)18-13-8-4-3-7-12(13)17(20)11-16(18)19/h3-10H,1-2H3;3-11H,1-2H3. The predicted molar refractivity (Wildman–Crippen MR) is 191 cm³/mol. The first-order valence-corrected chi connectivity index (χ1v) is 16.6. The lowest BCUT2D eigenvalue weighted by Gasteiger charge is -2.22. The molecular weight excluding hydrogens is 743 g/mol. The Morgan fingerprint density at radius 1 is 0.463 bits per heavy atom. The van der Waals surface area contributed by atoms with Crippen LogP contribution in [-0.2, 0) is 10.8 Å². The summed E-state index contributed by atoms with van der Waals surface area (Å²) in [5.74, 6) is 0. The molecule has 6 aromatic carbocycles. The summed E-state index contributed by atoms with van der Waals surface area (Å²) < 4.78 is 3.68. The van der Waals surface area contributed by atoms with Crippen LogP contribution in [0.5, 0.6) is 0 Å². The molecule has 0 heterocycles. The molecule has 41 heavy (non-hydrogen) atoms. The molecule has 0 atom stereocenters. The van der Waals surface area contributed by atoms with E-state index in [-0.39, 0.29) is 10.8 Å². The van der Waals surface area contributed by atoms with Crippen molar-refractivity contribution in [2.24, 2.45) is 0 Å². The summed E-state index contributed by atoms with van der Waals surface area (Å²) in [6, 6.07) is 37.6. The van der Waals surface area contributed by atoms with Gasteiger partial charge in [-0.1, -0.05) is 138 Å². The number of hydrogen-bond acceptors (Lipinski definition) is 0. The highest BCUT2D eigenvalue weighted by atomic mass is 127. The maximum absolute atomic E-state index is 3.76. The second-order valence-electron chi connectivity index (χ2n) is 12.1. The maximum Gasteiger partial charge on any atom is 0.0257 e. The van der Waals surface area contributed by atoms with Gasteiger partial charge in [0.25, 0.3) is 0 Å². The van der Waals surface area contributed by atoms with Crippen molar-refractivity contribution in [3.8, 4) is 22.3 Å². The van der Waals surface area contributed by atoms with Crippen molar-refractivity contribution in [1.29, 1.82) is 0 Å². The van der Waals surface area contributed by atoms with Gasteiger partial charge in [-0.15, -0.1) is 0 Å². The molecule has 0 unspecified atom stereocenters. The fourth-order valence-electron chi connectivity index (χ4n) is 7.02. The van der Waals surface area contributed by atoms with Gasteiger partial charge in [0.05, 0.1) is 0 Å². The first kappa shape index (κ1) is 27.4. The summed E-state index contributed by atoms with van der Waals surface area (Å²) in [4.78, 5) is 0. The summed E-state index contributed by atoms with van der Waals surface area (Å²) in [5, 5.41) is 5.27. The van der Waals surface area contributed by atoms with Crippen molar-refractivity contribution in [3.63, 3.8) is 0 Å². The Morgan fingerprint density at radius 3 is 1.46 bits per heavy atom. The van der Waals surface area contributed by atoms with E-state index in [4.69, 9.17) is 0 Å². The van der Waals surface area contributed by atoms with Crippen molar-refractivity contribution >= 4 is 76.0 Å². The van der Waals surface area contributed by atoms with Gasteiger partial charge in [-0.25, -0.2) is 0 Å². The van der Waals surface area contributed by atoms with Crippen LogP contribution in [0.4, 0.5) is 0 Å². The summed E-state index contributed by atoms with van der Waals surface area (Å²) in [6.07, 6.45) is 0. The average Bonchev–Trinajstić information content (AvgIpc) is 3.33. The van der Waals surface area contributed by atoms with E-state index in [0.29, 0.717) is 0 Å². The van der Waals surface area contributed by atoms with Gasteiger partial charge in [0.15, 0.2) is 0 Å². The Balaban J connectivity index is 0.000000135. The van der Waals surface area contributed by atoms with E-state index in [2.05, 4.69) is 185 Å². The van der Waals surface area contributed by atoms with E-state index < -0.39 is 0 Å². The second kappa shape index (κ2) is 9.79. The number of rotatable bonds is 0. The fourth-order valence-corrected chi connectivity index (χ4v) is 8.66. The lowest BCUT2D eigenvalue weighted by atomic mass is 9.82. The van der Waals surface area contributed by atoms with Crippen molar-refractivity contribution < 1.29 is 0 Å². The molecule has 6 aromatic rings. The maximum atomic E-state index is 3.76. The quantitative estimate of drug-likeness (QED) is 0.135. The first-order chi connectivity index (χ1) is 19.6. The van der Waals surface area contributed by atoms with Crippen LogP contribution in [0.15, 0.2) is 112 Å². The molecule has 0 aliphatic heterocycles. The minimum absolute atomic E-state index is 0.0540. The Hall–Kier alpha value is -2.47. The third-order valence-electron chi connectivity index (χ3n) is 9.13. The highest BCUT2D eigenvalue weighted by Gasteiger charge is 2.38. The van der Waals surface area contributed by atoms with Gasteiger partial charge in [0.2, 0.25) is 0 Å². The summed E-state index contributed by atoms with van der Waals surface area (Å²) in [5.41, 5.74) is 11.4. The molecule has 0 saturated heterocycles. The van der Waals surface area contributed by atoms with E-state index in [1.54, 1.807) is 0 Å². The Kier molecular flexibility index (Phi) is 6.53. The summed E-state index contributed by atoms with van der Waals surface area (Å²) in [7, 11) is 0. The van der Waals surface area contributed by atoms with Crippen molar-refractivity contribution in [1.82, 2.24) is 0 Å². The number of halogens is 3. The van der Waals surface area contributed by atoms with Crippen LogP contribution in [0.3, 0.4) is 0 Å². The van der Waals surface area contributed by atoms with E-state index >= 15 is 0 Å². The SMILES string of the molecule is CC1(C)c2cc(I)ccc2-c2c1cc(Br)c1ccccc21.CC1(C)c2ccccc2-c2c1cc(Br)c1ccccc21. The third kappa shape index (κ3) is 4.10. The Bertz CT molecular complexity index is 2030. The molecule has 0 bridgehead atoms. The van der Waals surface area contributed by atoms with Gasteiger partial charge in [0, 0.05) is 23.3 Å². The van der Waals surface area contributed by atoms with Crippen molar-refractivity contribution in [2.75, 3.05) is 0 Å². The van der Waals surface area contributed by atoms with Crippen molar-refractivity contribution in [2.45, 2.75) is 38.5 Å². The zero-order valence-electron chi connectivity index (χ0n) is 23.4. The van der Waals surface area contributed by atoms with E-state index in [1.165, 1.54) is 78.6 Å². The minimum Gasteiger partial charge on any atom is -0.0619 e. The van der Waals surface area contributed by atoms with Crippen LogP contribution >= 0.6 is 54.5 Å².